The summed E-state index contributed by atoms with van der Waals surface area (Å²) in [6.07, 6.45) is 4.36. The van der Waals surface area contributed by atoms with Crippen LogP contribution >= 0.6 is 0 Å². The zero-order valence-electron chi connectivity index (χ0n) is 13.1. The van der Waals surface area contributed by atoms with E-state index in [1.54, 1.807) is 6.07 Å². The van der Waals surface area contributed by atoms with Crippen molar-refractivity contribution in [2.24, 2.45) is 7.05 Å². The summed E-state index contributed by atoms with van der Waals surface area (Å²) in [4.78, 5) is 0. The molecule has 4 aromatic rings. The van der Waals surface area contributed by atoms with Gasteiger partial charge in [0.15, 0.2) is 0 Å². The van der Waals surface area contributed by atoms with Gasteiger partial charge in [0.2, 0.25) is 0 Å². The van der Waals surface area contributed by atoms with E-state index in [4.69, 9.17) is 0 Å². The first kappa shape index (κ1) is 17.2. The summed E-state index contributed by atoms with van der Waals surface area (Å²) in [6, 6.07) is 20.3. The van der Waals surface area contributed by atoms with Gasteiger partial charge in [-0.25, -0.2) is 0 Å². The Morgan fingerprint density at radius 1 is 0.875 bits per heavy atom. The average Bonchev–Trinajstić information content (AvgIpc) is 2.91. The van der Waals surface area contributed by atoms with Gasteiger partial charge in [0, 0.05) is 0 Å². The van der Waals surface area contributed by atoms with Crippen LogP contribution in [0.3, 0.4) is 0 Å². The maximum absolute atomic E-state index is 10.0. The fraction of sp³-hybridized carbons (Fsp3) is 0.0500. The fourth-order valence-electron chi connectivity index (χ4n) is 2.88. The molecule has 0 radical (unpaired) electrons. The van der Waals surface area contributed by atoms with Gasteiger partial charge >= 0.3 is 140 Å². The molecule has 1 N–H and O–H groups in total. The summed E-state index contributed by atoms with van der Waals surface area (Å²) in [5.41, 5.74) is 2.44. The zero-order valence-corrected chi connectivity index (χ0v) is 17.0. The van der Waals surface area contributed by atoms with Gasteiger partial charge in [0.1, 0.15) is 0 Å². The molecule has 24 heavy (non-hydrogen) atoms. The molecule has 3 aromatic carbocycles. The van der Waals surface area contributed by atoms with Crippen LogP contribution in [0.25, 0.3) is 32.7 Å². The average molecular weight is 492 g/mol. The first-order valence-corrected chi connectivity index (χ1v) is 9.22. The van der Waals surface area contributed by atoms with Gasteiger partial charge in [-0.2, -0.15) is 0 Å². The number of aryl methyl sites for hydroxylation is 1. The second-order valence-electron chi connectivity index (χ2n) is 5.52. The van der Waals surface area contributed by atoms with Crippen molar-refractivity contribution in [1.82, 2.24) is 0 Å². The summed E-state index contributed by atoms with van der Waals surface area (Å²) in [5, 5.41) is 12.0. The molecule has 4 rings (SSSR count). The minimum Gasteiger partial charge on any atom is -1.00 e. The van der Waals surface area contributed by atoms with Crippen LogP contribution in [-0.2, 0) is 7.05 Å². The molecular weight excluding hydrogens is 476 g/mol. The monoisotopic (exact) mass is 493 g/mol. The van der Waals surface area contributed by atoms with E-state index >= 15 is 0 Å². The number of phenols is 1. The van der Waals surface area contributed by atoms with Crippen LogP contribution in [0.2, 0.25) is 0 Å². The van der Waals surface area contributed by atoms with E-state index in [0.717, 1.165) is 16.3 Å². The Kier molecular flexibility index (Phi) is 5.09. The van der Waals surface area contributed by atoms with Gasteiger partial charge in [-0.3, -0.25) is 0 Å². The van der Waals surface area contributed by atoms with E-state index in [0.29, 0.717) is 20.3 Å². The Bertz CT molecular complexity index is 1050. The molecule has 0 atom stereocenters. The molecule has 120 valence electrons. The second-order valence-corrected chi connectivity index (χ2v) is 7.75. The van der Waals surface area contributed by atoms with Crippen molar-refractivity contribution in [3.05, 3.63) is 70.8 Å². The normalized spacial score (nSPS) is 11.2. The molecule has 0 aliphatic heterocycles. The largest absolute Gasteiger partial charge is 1.00 e. The van der Waals surface area contributed by atoms with Crippen molar-refractivity contribution >= 4 is 47.2 Å². The number of rotatable bonds is 2. The van der Waals surface area contributed by atoms with Crippen LogP contribution in [0.4, 0.5) is 0 Å². The van der Waals surface area contributed by atoms with E-state index in [-0.39, 0.29) is 24.0 Å². The third kappa shape index (κ3) is 3.02. The van der Waals surface area contributed by atoms with Gasteiger partial charge in [-0.1, -0.05) is 0 Å². The molecule has 0 saturated heterocycles. The number of aromatic nitrogens is 1. The third-order valence-electron chi connectivity index (χ3n) is 4.11. The number of hydrogen-bond acceptors (Lipinski definition) is 1. The smallest absolute Gasteiger partial charge is 1.00 e. The number of hydrogen-bond donors (Lipinski definition) is 1. The Balaban J connectivity index is 0.00000169. The topological polar surface area (TPSA) is 24.1 Å². The van der Waals surface area contributed by atoms with Crippen molar-refractivity contribution in [3.8, 4) is 5.75 Å². The third-order valence-corrected chi connectivity index (χ3v) is 6.60. The first-order valence-electron chi connectivity index (χ1n) is 7.50. The molecule has 0 unspecified atom stereocenters. The predicted octanol–water partition coefficient (Wildman–Crippen LogP) is 0.754. The summed E-state index contributed by atoms with van der Waals surface area (Å²) in [5.74, 6) is 0.333. The van der Waals surface area contributed by atoms with Gasteiger partial charge in [-0.05, 0) is 0 Å². The van der Waals surface area contributed by atoms with Crippen LogP contribution in [-0.4, -0.2) is 19.6 Å². The van der Waals surface area contributed by atoms with E-state index in [9.17, 15) is 5.11 Å². The number of para-hydroxylation sites is 1. The molecule has 4 heteroatoms. The molecule has 0 saturated carbocycles. The van der Waals surface area contributed by atoms with Gasteiger partial charge in [0.25, 0.3) is 0 Å². The predicted molar refractivity (Wildman–Crippen MR) is 96.6 cm³/mol. The number of phenolic OH excluding ortho intramolecular Hbond substituents is 1. The number of fused-ring (bicyclic) bond motifs is 2. The number of halogens is 1. The molecule has 0 aliphatic rings. The van der Waals surface area contributed by atoms with Crippen LogP contribution in [0.1, 0.15) is 10.1 Å². The standard InChI is InChI=1S/C20H15NOSe.HI/c1-21-17-8-4-5-9-19(17)23-20(21)13-11-14-10-12-18(22)16-7-3-2-6-15(14)16;/h2-13H,1H3;1H. The number of benzene rings is 3. The van der Waals surface area contributed by atoms with Crippen molar-refractivity contribution in [3.63, 3.8) is 0 Å². The molecule has 0 fully saturated rings. The molecule has 2 nitrogen and oxygen atoms in total. The van der Waals surface area contributed by atoms with Gasteiger partial charge < -0.3 is 24.0 Å². The van der Waals surface area contributed by atoms with E-state index in [2.05, 4.69) is 54.1 Å². The van der Waals surface area contributed by atoms with Gasteiger partial charge in [0.05, 0.1) is 0 Å². The van der Waals surface area contributed by atoms with Crippen LogP contribution in [0.15, 0.2) is 60.7 Å². The van der Waals surface area contributed by atoms with Crippen molar-refractivity contribution in [2.75, 3.05) is 0 Å². The second kappa shape index (κ2) is 7.09. The Morgan fingerprint density at radius 2 is 1.58 bits per heavy atom. The van der Waals surface area contributed by atoms with Crippen molar-refractivity contribution in [2.45, 2.75) is 0 Å². The summed E-state index contributed by atoms with van der Waals surface area (Å²) in [6.45, 7) is 0. The molecule has 0 spiro atoms. The van der Waals surface area contributed by atoms with E-state index in [1.807, 2.05) is 24.3 Å². The fourth-order valence-corrected chi connectivity index (χ4v) is 5.09. The molecule has 0 amide bonds. The Labute approximate surface area is 163 Å². The maximum Gasteiger partial charge on any atom is -1.00 e. The molecule has 1 heterocycles. The van der Waals surface area contributed by atoms with Crippen LogP contribution in [0.5, 0.6) is 5.75 Å². The molecule has 0 bridgehead atoms. The summed E-state index contributed by atoms with van der Waals surface area (Å²) in [7, 11) is 2.13. The quantitative estimate of drug-likeness (QED) is 0.250. The molecule has 0 aliphatic carbocycles. The van der Waals surface area contributed by atoms with E-state index < -0.39 is 0 Å². The van der Waals surface area contributed by atoms with Crippen molar-refractivity contribution in [1.29, 1.82) is 0 Å². The zero-order chi connectivity index (χ0) is 15.8. The number of aromatic hydroxyl groups is 1. The minimum atomic E-state index is 0. The SMILES string of the molecule is C[n+]1c(/C=C/c2ccc(O)c3ccccc23)[se]c2ccccc21.[I-]. The molecular formula is C20H16INOSe. The molecule has 1 aromatic heterocycles. The Hall–Kier alpha value is -1.62. The first-order chi connectivity index (χ1) is 11.2. The Morgan fingerprint density at radius 3 is 2.38 bits per heavy atom. The van der Waals surface area contributed by atoms with Crippen molar-refractivity contribution < 1.29 is 33.7 Å². The van der Waals surface area contributed by atoms with Crippen LogP contribution in [0, 0.1) is 0 Å². The van der Waals surface area contributed by atoms with Gasteiger partial charge in [-0.15, -0.1) is 0 Å². The maximum atomic E-state index is 10.0. The van der Waals surface area contributed by atoms with E-state index in [1.165, 1.54) is 14.3 Å². The summed E-state index contributed by atoms with van der Waals surface area (Å²) < 4.78 is 5.04. The van der Waals surface area contributed by atoms with Crippen LogP contribution < -0.4 is 28.5 Å². The number of nitrogens with zero attached hydrogens (tertiary/aromatic N) is 1. The minimum absolute atomic E-state index is 0. The summed E-state index contributed by atoms with van der Waals surface area (Å²) >= 11 is 0.342.